The lowest BCUT2D eigenvalue weighted by Crippen LogP contribution is -2.39. The number of aliphatic hydroxyl groups excluding tert-OH is 1. The van der Waals surface area contributed by atoms with Gasteiger partial charge in [-0.1, -0.05) is 0 Å². The molecule has 1 aliphatic rings. The minimum absolute atomic E-state index is 0.0154. The number of amides is 1. The van der Waals surface area contributed by atoms with Crippen molar-refractivity contribution in [3.63, 3.8) is 0 Å². The molecule has 0 aliphatic heterocycles. The number of carbonyl (C=O) groups is 1. The Bertz CT molecular complexity index is 575. The van der Waals surface area contributed by atoms with Gasteiger partial charge in [0.15, 0.2) is 0 Å². The zero-order valence-corrected chi connectivity index (χ0v) is 9.96. The van der Waals surface area contributed by atoms with Gasteiger partial charge in [0.05, 0.1) is 27.9 Å². The maximum atomic E-state index is 12.0. The average molecular weight is 248 g/mol. The Morgan fingerprint density at radius 1 is 1.53 bits per heavy atom. The molecular formula is C12H12N2O2S. The summed E-state index contributed by atoms with van der Waals surface area (Å²) in [6, 6.07) is 5.46. The van der Waals surface area contributed by atoms with Crippen LogP contribution in [0.15, 0.2) is 23.7 Å². The van der Waals surface area contributed by atoms with Gasteiger partial charge in [0.2, 0.25) is 0 Å². The van der Waals surface area contributed by atoms with Crippen LogP contribution in [0.25, 0.3) is 10.2 Å². The summed E-state index contributed by atoms with van der Waals surface area (Å²) in [5.41, 5.74) is 2.94. The van der Waals surface area contributed by atoms with Crippen LogP contribution in [0.5, 0.6) is 0 Å². The number of hydrogen-bond donors (Lipinski definition) is 2. The first-order valence-electron chi connectivity index (χ1n) is 5.49. The molecule has 1 fully saturated rings. The summed E-state index contributed by atoms with van der Waals surface area (Å²) >= 11 is 1.52. The summed E-state index contributed by atoms with van der Waals surface area (Å²) in [7, 11) is 0. The molecule has 2 aromatic rings. The number of thiazole rings is 1. The summed E-state index contributed by atoms with van der Waals surface area (Å²) in [6.45, 7) is 0.0154. The molecule has 1 amide bonds. The first-order chi connectivity index (χ1) is 8.22. The Kier molecular flexibility index (Phi) is 2.38. The van der Waals surface area contributed by atoms with E-state index in [9.17, 15) is 4.79 Å². The molecule has 1 heterocycles. The van der Waals surface area contributed by atoms with Gasteiger partial charge in [0.1, 0.15) is 0 Å². The van der Waals surface area contributed by atoms with Crippen molar-refractivity contribution >= 4 is 27.5 Å². The number of nitrogens with zero attached hydrogens (tertiary/aromatic N) is 1. The summed E-state index contributed by atoms with van der Waals surface area (Å²) in [5, 5.41) is 12.1. The van der Waals surface area contributed by atoms with Gasteiger partial charge in [0, 0.05) is 5.56 Å². The van der Waals surface area contributed by atoms with E-state index in [1.165, 1.54) is 11.3 Å². The van der Waals surface area contributed by atoms with Gasteiger partial charge in [-0.05, 0) is 31.0 Å². The van der Waals surface area contributed by atoms with Crippen LogP contribution in [-0.4, -0.2) is 28.1 Å². The fourth-order valence-corrected chi connectivity index (χ4v) is 2.50. The fourth-order valence-electron chi connectivity index (χ4n) is 1.78. The van der Waals surface area contributed by atoms with Gasteiger partial charge < -0.3 is 10.4 Å². The first-order valence-corrected chi connectivity index (χ1v) is 6.37. The number of rotatable bonds is 3. The van der Waals surface area contributed by atoms with Crippen LogP contribution in [0.3, 0.4) is 0 Å². The molecule has 1 aromatic heterocycles. The third kappa shape index (κ3) is 1.92. The van der Waals surface area contributed by atoms with Crippen molar-refractivity contribution in [3.05, 3.63) is 29.3 Å². The Morgan fingerprint density at radius 2 is 2.35 bits per heavy atom. The summed E-state index contributed by atoms with van der Waals surface area (Å²) in [6.07, 6.45) is 1.72. The van der Waals surface area contributed by atoms with Crippen LogP contribution in [-0.2, 0) is 0 Å². The molecule has 0 radical (unpaired) electrons. The maximum absolute atomic E-state index is 12.0. The maximum Gasteiger partial charge on any atom is 0.251 e. The molecular weight excluding hydrogens is 236 g/mol. The van der Waals surface area contributed by atoms with E-state index >= 15 is 0 Å². The molecule has 0 atom stereocenters. The molecule has 3 rings (SSSR count). The molecule has 1 aromatic carbocycles. The topological polar surface area (TPSA) is 62.2 Å². The standard InChI is InChI=1S/C12H12N2O2S/c15-6-12(3-4-12)14-11(16)8-1-2-9-10(5-8)17-7-13-9/h1-2,5,7,15H,3-4,6H2,(H,14,16). The number of aliphatic hydroxyl groups is 1. The molecule has 0 unspecified atom stereocenters. The van der Waals surface area contributed by atoms with E-state index in [0.717, 1.165) is 23.1 Å². The van der Waals surface area contributed by atoms with Crippen LogP contribution in [0.4, 0.5) is 0 Å². The third-order valence-corrected chi connectivity index (χ3v) is 3.92. The van der Waals surface area contributed by atoms with Crippen LogP contribution in [0.2, 0.25) is 0 Å². The molecule has 0 saturated heterocycles. The number of aromatic nitrogens is 1. The van der Waals surface area contributed by atoms with E-state index in [2.05, 4.69) is 10.3 Å². The molecule has 1 saturated carbocycles. The van der Waals surface area contributed by atoms with Crippen molar-refractivity contribution in [2.75, 3.05) is 6.61 Å². The highest BCUT2D eigenvalue weighted by Gasteiger charge is 2.43. The van der Waals surface area contributed by atoms with Gasteiger partial charge in [-0.25, -0.2) is 4.98 Å². The molecule has 1 aliphatic carbocycles. The van der Waals surface area contributed by atoms with Gasteiger partial charge in [-0.15, -0.1) is 11.3 Å². The van der Waals surface area contributed by atoms with Crippen molar-refractivity contribution in [3.8, 4) is 0 Å². The van der Waals surface area contributed by atoms with E-state index < -0.39 is 0 Å². The second kappa shape index (κ2) is 3.78. The molecule has 0 bridgehead atoms. The number of carbonyl (C=O) groups excluding carboxylic acids is 1. The summed E-state index contributed by atoms with van der Waals surface area (Å²) < 4.78 is 1.01. The summed E-state index contributed by atoms with van der Waals surface area (Å²) in [5.74, 6) is -0.119. The van der Waals surface area contributed by atoms with Crippen molar-refractivity contribution < 1.29 is 9.90 Å². The van der Waals surface area contributed by atoms with Crippen molar-refractivity contribution in [2.24, 2.45) is 0 Å². The van der Waals surface area contributed by atoms with Gasteiger partial charge >= 0.3 is 0 Å². The van der Waals surface area contributed by atoms with E-state index in [4.69, 9.17) is 5.11 Å². The molecule has 4 nitrogen and oxygen atoms in total. The van der Waals surface area contributed by atoms with Crippen LogP contribution in [0, 0.1) is 0 Å². The number of fused-ring (bicyclic) bond motifs is 1. The summed E-state index contributed by atoms with van der Waals surface area (Å²) in [4.78, 5) is 16.2. The van der Waals surface area contributed by atoms with E-state index in [1.807, 2.05) is 12.1 Å². The molecule has 17 heavy (non-hydrogen) atoms. The molecule has 2 N–H and O–H groups in total. The normalized spacial score (nSPS) is 17.0. The lowest BCUT2D eigenvalue weighted by atomic mass is 10.2. The highest BCUT2D eigenvalue weighted by Crippen LogP contribution is 2.34. The van der Waals surface area contributed by atoms with Crippen molar-refractivity contribution in [1.82, 2.24) is 10.3 Å². The highest BCUT2D eigenvalue weighted by molar-refractivity contribution is 7.16. The third-order valence-electron chi connectivity index (χ3n) is 3.13. The predicted molar refractivity (Wildman–Crippen MR) is 66.1 cm³/mol. The van der Waals surface area contributed by atoms with Crippen molar-refractivity contribution in [1.29, 1.82) is 0 Å². The molecule has 5 heteroatoms. The quantitative estimate of drug-likeness (QED) is 0.866. The minimum Gasteiger partial charge on any atom is -0.394 e. The monoisotopic (exact) mass is 248 g/mol. The predicted octanol–water partition coefficient (Wildman–Crippen LogP) is 1.55. The first kappa shape index (κ1) is 10.7. The largest absolute Gasteiger partial charge is 0.394 e. The SMILES string of the molecule is O=C(NC1(CO)CC1)c1ccc2ncsc2c1. The average Bonchev–Trinajstić information content (AvgIpc) is 2.96. The van der Waals surface area contributed by atoms with Crippen LogP contribution >= 0.6 is 11.3 Å². The smallest absolute Gasteiger partial charge is 0.251 e. The Morgan fingerprint density at radius 3 is 3.06 bits per heavy atom. The van der Waals surface area contributed by atoms with E-state index in [1.54, 1.807) is 11.6 Å². The van der Waals surface area contributed by atoms with E-state index in [-0.39, 0.29) is 18.1 Å². The minimum atomic E-state index is -0.361. The van der Waals surface area contributed by atoms with Gasteiger partial charge in [-0.3, -0.25) is 4.79 Å². The number of hydrogen-bond acceptors (Lipinski definition) is 4. The van der Waals surface area contributed by atoms with Gasteiger partial charge in [-0.2, -0.15) is 0 Å². The van der Waals surface area contributed by atoms with E-state index in [0.29, 0.717) is 5.56 Å². The second-order valence-electron chi connectivity index (χ2n) is 4.43. The lowest BCUT2D eigenvalue weighted by Gasteiger charge is -2.14. The second-order valence-corrected chi connectivity index (χ2v) is 5.31. The van der Waals surface area contributed by atoms with Gasteiger partial charge in [0.25, 0.3) is 5.91 Å². The zero-order valence-electron chi connectivity index (χ0n) is 9.14. The molecule has 0 spiro atoms. The van der Waals surface area contributed by atoms with Crippen LogP contribution in [0.1, 0.15) is 23.2 Å². The Hall–Kier alpha value is -1.46. The fraction of sp³-hybridized carbons (Fsp3) is 0.333. The number of benzene rings is 1. The van der Waals surface area contributed by atoms with Crippen molar-refractivity contribution in [2.45, 2.75) is 18.4 Å². The van der Waals surface area contributed by atoms with Crippen LogP contribution < -0.4 is 5.32 Å². The Balaban J connectivity index is 1.85. The highest BCUT2D eigenvalue weighted by atomic mass is 32.1. The number of nitrogens with one attached hydrogen (secondary N) is 1. The lowest BCUT2D eigenvalue weighted by molar-refractivity contribution is 0.0907. The molecule has 88 valence electrons. The zero-order chi connectivity index (χ0) is 11.9. The Labute approximate surface area is 102 Å².